The van der Waals surface area contributed by atoms with Crippen molar-refractivity contribution in [2.75, 3.05) is 18.9 Å². The zero-order valence-corrected chi connectivity index (χ0v) is 13.1. The second-order valence-corrected chi connectivity index (χ2v) is 5.58. The molecule has 0 aliphatic heterocycles. The lowest BCUT2D eigenvalue weighted by Gasteiger charge is -2.07. The first-order chi connectivity index (χ1) is 10.6. The number of rotatable bonds is 7. The van der Waals surface area contributed by atoms with Crippen molar-refractivity contribution in [2.45, 2.75) is 5.16 Å². The minimum Gasteiger partial charge on any atom is -0.492 e. The van der Waals surface area contributed by atoms with Crippen molar-refractivity contribution in [3.05, 3.63) is 51.9 Å². The predicted octanol–water partition coefficient (Wildman–Crippen LogP) is 1.71. The van der Waals surface area contributed by atoms with Gasteiger partial charge in [-0.3, -0.25) is 9.59 Å². The smallest absolute Gasteiger partial charge is 0.251 e. The van der Waals surface area contributed by atoms with Gasteiger partial charge in [-0.25, -0.2) is 4.98 Å². The molecule has 2 aromatic rings. The predicted molar refractivity (Wildman–Crippen MR) is 85.5 cm³/mol. The summed E-state index contributed by atoms with van der Waals surface area (Å²) < 4.78 is 5.45. The second kappa shape index (κ2) is 8.45. The number of aromatic amines is 1. The van der Waals surface area contributed by atoms with Crippen LogP contribution in [0.5, 0.6) is 5.75 Å². The summed E-state index contributed by atoms with van der Waals surface area (Å²) in [4.78, 5) is 29.2. The van der Waals surface area contributed by atoms with E-state index in [4.69, 9.17) is 16.3 Å². The summed E-state index contributed by atoms with van der Waals surface area (Å²) in [5.74, 6) is 0.712. The van der Waals surface area contributed by atoms with Gasteiger partial charge in [0.05, 0.1) is 12.3 Å². The molecule has 0 saturated carbocycles. The van der Waals surface area contributed by atoms with E-state index in [1.54, 1.807) is 24.3 Å². The molecule has 0 spiro atoms. The third kappa shape index (κ3) is 5.79. The number of carbonyl (C=O) groups excluding carboxylic acids is 1. The van der Waals surface area contributed by atoms with Gasteiger partial charge in [-0.15, -0.1) is 0 Å². The Balaban J connectivity index is 1.63. The highest BCUT2D eigenvalue weighted by Gasteiger charge is 2.04. The van der Waals surface area contributed by atoms with Crippen molar-refractivity contribution < 1.29 is 9.53 Å². The van der Waals surface area contributed by atoms with Crippen molar-refractivity contribution in [1.82, 2.24) is 15.3 Å². The maximum Gasteiger partial charge on any atom is 0.251 e. The van der Waals surface area contributed by atoms with E-state index in [1.165, 1.54) is 12.3 Å². The number of halogens is 1. The van der Waals surface area contributed by atoms with Gasteiger partial charge < -0.3 is 15.0 Å². The Labute approximate surface area is 136 Å². The highest BCUT2D eigenvalue weighted by Crippen LogP contribution is 2.15. The Morgan fingerprint density at radius 2 is 2.09 bits per heavy atom. The summed E-state index contributed by atoms with van der Waals surface area (Å²) in [5, 5.41) is 3.78. The first-order valence-electron chi connectivity index (χ1n) is 6.47. The monoisotopic (exact) mass is 339 g/mol. The quantitative estimate of drug-likeness (QED) is 0.456. The highest BCUT2D eigenvalue weighted by atomic mass is 35.5. The van der Waals surface area contributed by atoms with E-state index in [0.717, 1.165) is 11.8 Å². The average molecular weight is 340 g/mol. The Bertz CT molecular complexity index is 676. The molecule has 0 atom stereocenters. The highest BCUT2D eigenvalue weighted by molar-refractivity contribution is 7.99. The number of nitrogens with zero attached hydrogens (tertiary/aromatic N) is 1. The fourth-order valence-corrected chi connectivity index (χ4v) is 2.30. The molecule has 0 bridgehead atoms. The Hall–Kier alpha value is -1.99. The number of hydrogen-bond acceptors (Lipinski definition) is 5. The summed E-state index contributed by atoms with van der Waals surface area (Å²) in [6, 6.07) is 8.31. The van der Waals surface area contributed by atoms with E-state index in [0.29, 0.717) is 29.1 Å². The van der Waals surface area contributed by atoms with Crippen LogP contribution in [0, 0.1) is 0 Å². The zero-order chi connectivity index (χ0) is 15.8. The lowest BCUT2D eigenvalue weighted by Crippen LogP contribution is -2.29. The van der Waals surface area contributed by atoms with Gasteiger partial charge in [0.15, 0.2) is 5.16 Å². The number of H-pyrrole nitrogens is 1. The number of amides is 1. The van der Waals surface area contributed by atoms with Crippen LogP contribution in [0.1, 0.15) is 0 Å². The van der Waals surface area contributed by atoms with Crippen LogP contribution in [-0.2, 0) is 4.79 Å². The average Bonchev–Trinajstić information content (AvgIpc) is 2.51. The minimum absolute atomic E-state index is 0.156. The van der Waals surface area contributed by atoms with Crippen molar-refractivity contribution in [3.63, 3.8) is 0 Å². The first kappa shape index (κ1) is 16.4. The SMILES string of the molecule is O=C(CSc1nccc(=O)[nH]1)NCCOc1ccc(Cl)cc1. The molecule has 22 heavy (non-hydrogen) atoms. The van der Waals surface area contributed by atoms with Crippen molar-refractivity contribution in [1.29, 1.82) is 0 Å². The fourth-order valence-electron chi connectivity index (χ4n) is 1.50. The largest absolute Gasteiger partial charge is 0.492 e. The van der Waals surface area contributed by atoms with Crippen molar-refractivity contribution in [3.8, 4) is 5.75 Å². The first-order valence-corrected chi connectivity index (χ1v) is 7.83. The number of ether oxygens (including phenoxy) is 1. The summed E-state index contributed by atoms with van der Waals surface area (Å²) in [6.45, 7) is 0.749. The number of aromatic nitrogens is 2. The van der Waals surface area contributed by atoms with Gasteiger partial charge in [-0.2, -0.15) is 0 Å². The summed E-state index contributed by atoms with van der Waals surface area (Å²) in [5.41, 5.74) is -0.241. The van der Waals surface area contributed by atoms with Crippen LogP contribution in [0.15, 0.2) is 46.5 Å². The van der Waals surface area contributed by atoms with Gasteiger partial charge in [0.1, 0.15) is 12.4 Å². The molecular weight excluding hydrogens is 326 g/mol. The molecule has 2 rings (SSSR count). The number of carbonyl (C=O) groups is 1. The van der Waals surface area contributed by atoms with E-state index in [9.17, 15) is 9.59 Å². The topological polar surface area (TPSA) is 84.1 Å². The number of thioether (sulfide) groups is 1. The normalized spacial score (nSPS) is 10.2. The Morgan fingerprint density at radius 1 is 1.32 bits per heavy atom. The second-order valence-electron chi connectivity index (χ2n) is 4.18. The van der Waals surface area contributed by atoms with Gasteiger partial charge in [0.2, 0.25) is 5.91 Å². The van der Waals surface area contributed by atoms with E-state index < -0.39 is 0 Å². The maximum absolute atomic E-state index is 11.6. The van der Waals surface area contributed by atoms with Crippen LogP contribution in [0.4, 0.5) is 0 Å². The molecule has 1 aromatic carbocycles. The fraction of sp³-hybridized carbons (Fsp3) is 0.214. The van der Waals surface area contributed by atoms with E-state index in [2.05, 4.69) is 15.3 Å². The Morgan fingerprint density at radius 3 is 2.82 bits per heavy atom. The molecule has 2 N–H and O–H groups in total. The molecule has 1 amide bonds. The lowest BCUT2D eigenvalue weighted by atomic mass is 10.3. The molecule has 0 unspecified atom stereocenters. The van der Waals surface area contributed by atoms with Crippen LogP contribution in [0.3, 0.4) is 0 Å². The molecule has 0 saturated heterocycles. The van der Waals surface area contributed by atoms with Gasteiger partial charge >= 0.3 is 0 Å². The molecule has 8 heteroatoms. The zero-order valence-electron chi connectivity index (χ0n) is 11.5. The molecule has 0 fully saturated rings. The summed E-state index contributed by atoms with van der Waals surface area (Å²) >= 11 is 6.93. The van der Waals surface area contributed by atoms with Gasteiger partial charge in [0, 0.05) is 17.3 Å². The molecule has 1 aromatic heterocycles. The van der Waals surface area contributed by atoms with Crippen LogP contribution in [-0.4, -0.2) is 34.8 Å². The third-order valence-corrected chi connectivity index (χ3v) is 3.63. The minimum atomic E-state index is -0.241. The lowest BCUT2D eigenvalue weighted by molar-refractivity contribution is -0.118. The summed E-state index contributed by atoms with van der Waals surface area (Å²) in [6.07, 6.45) is 1.40. The number of benzene rings is 1. The molecule has 0 aliphatic carbocycles. The van der Waals surface area contributed by atoms with Crippen LogP contribution in [0.2, 0.25) is 5.02 Å². The number of nitrogens with one attached hydrogen (secondary N) is 2. The standard InChI is InChI=1S/C14H14ClN3O3S/c15-10-1-3-11(4-2-10)21-8-7-16-13(20)9-22-14-17-6-5-12(19)18-14/h1-6H,7-9H2,(H,16,20)(H,17,18,19). The molecule has 6 nitrogen and oxygen atoms in total. The molecule has 0 aliphatic rings. The van der Waals surface area contributed by atoms with Gasteiger partial charge in [0.25, 0.3) is 5.56 Å². The van der Waals surface area contributed by atoms with Crippen molar-refractivity contribution >= 4 is 29.3 Å². The molecule has 116 valence electrons. The van der Waals surface area contributed by atoms with Crippen molar-refractivity contribution in [2.24, 2.45) is 0 Å². The van der Waals surface area contributed by atoms with Crippen LogP contribution >= 0.6 is 23.4 Å². The van der Waals surface area contributed by atoms with Gasteiger partial charge in [-0.1, -0.05) is 23.4 Å². The Kier molecular flexibility index (Phi) is 6.29. The van der Waals surface area contributed by atoms with E-state index >= 15 is 0 Å². The molecular formula is C14H14ClN3O3S. The molecule has 1 heterocycles. The van der Waals surface area contributed by atoms with Gasteiger partial charge in [-0.05, 0) is 24.3 Å². The van der Waals surface area contributed by atoms with Crippen LogP contribution < -0.4 is 15.6 Å². The van der Waals surface area contributed by atoms with E-state index in [1.807, 2.05) is 0 Å². The summed E-state index contributed by atoms with van der Waals surface area (Å²) in [7, 11) is 0. The molecule has 0 radical (unpaired) electrons. The number of hydrogen-bond donors (Lipinski definition) is 2. The van der Waals surface area contributed by atoms with Crippen LogP contribution in [0.25, 0.3) is 0 Å². The third-order valence-electron chi connectivity index (χ3n) is 2.49. The maximum atomic E-state index is 11.6. The van der Waals surface area contributed by atoms with E-state index in [-0.39, 0.29) is 17.2 Å².